The van der Waals surface area contributed by atoms with Gasteiger partial charge in [-0.05, 0) is 37.0 Å². The lowest BCUT2D eigenvalue weighted by atomic mass is 9.82. The van der Waals surface area contributed by atoms with E-state index in [-0.39, 0.29) is 6.61 Å². The van der Waals surface area contributed by atoms with Crippen LogP contribution in [0.1, 0.15) is 50.9 Å². The number of benzene rings is 1. The molecule has 2 unspecified atom stereocenters. The first-order valence-electron chi connectivity index (χ1n) is 7.61. The minimum atomic E-state index is -0.0124. The van der Waals surface area contributed by atoms with E-state index in [2.05, 4.69) is 16.5 Å². The highest BCUT2D eigenvalue weighted by Gasteiger charge is 2.28. The lowest BCUT2D eigenvalue weighted by molar-refractivity contribution is 0.211. The molecular weight excluding hydrogens is 250 g/mol. The van der Waals surface area contributed by atoms with Crippen molar-refractivity contribution in [2.24, 2.45) is 5.92 Å². The Morgan fingerprint density at radius 2 is 2.15 bits per heavy atom. The molecular formula is C16H23N3O. The van der Waals surface area contributed by atoms with E-state index in [1.54, 1.807) is 0 Å². The smallest absolute Gasteiger partial charge is 0.135 e. The van der Waals surface area contributed by atoms with Gasteiger partial charge in [0.05, 0.1) is 11.0 Å². The number of aliphatic hydroxyl groups is 1. The molecule has 2 aromatic rings. The van der Waals surface area contributed by atoms with Gasteiger partial charge in [-0.1, -0.05) is 26.2 Å². The Hall–Kier alpha value is -1.55. The largest absolute Gasteiger partial charge is 0.399 e. The third-order valence-corrected chi connectivity index (χ3v) is 4.65. The van der Waals surface area contributed by atoms with Crippen LogP contribution in [0.2, 0.25) is 0 Å². The molecule has 1 saturated carbocycles. The molecule has 1 heterocycles. The average molecular weight is 273 g/mol. The van der Waals surface area contributed by atoms with Crippen molar-refractivity contribution in [3.05, 3.63) is 24.0 Å². The molecule has 1 aromatic heterocycles. The summed E-state index contributed by atoms with van der Waals surface area (Å²) in [5, 5.41) is 9.66. The molecule has 108 valence electrons. The number of nitrogens with zero attached hydrogens (tertiary/aromatic N) is 2. The van der Waals surface area contributed by atoms with Gasteiger partial charge in [0, 0.05) is 11.7 Å². The van der Waals surface area contributed by atoms with Crippen molar-refractivity contribution in [3.8, 4) is 0 Å². The predicted octanol–water partition coefficient (Wildman–Crippen LogP) is 3.25. The second kappa shape index (κ2) is 5.44. The molecule has 1 fully saturated rings. The average Bonchev–Trinajstić information content (AvgIpc) is 2.84. The summed E-state index contributed by atoms with van der Waals surface area (Å²) >= 11 is 0. The molecule has 4 heteroatoms. The number of hydrogen-bond acceptors (Lipinski definition) is 3. The third-order valence-electron chi connectivity index (χ3n) is 4.65. The van der Waals surface area contributed by atoms with Crippen LogP contribution in [-0.2, 0) is 6.61 Å². The second-order valence-electron chi connectivity index (χ2n) is 5.82. The minimum absolute atomic E-state index is 0.0124. The van der Waals surface area contributed by atoms with Crippen molar-refractivity contribution in [2.75, 3.05) is 5.73 Å². The van der Waals surface area contributed by atoms with Crippen LogP contribution < -0.4 is 5.73 Å². The minimum Gasteiger partial charge on any atom is -0.399 e. The highest BCUT2D eigenvalue weighted by atomic mass is 16.3. The van der Waals surface area contributed by atoms with Crippen molar-refractivity contribution in [1.29, 1.82) is 0 Å². The molecule has 1 aliphatic rings. The maximum Gasteiger partial charge on any atom is 0.135 e. The molecule has 3 rings (SSSR count). The fourth-order valence-electron chi connectivity index (χ4n) is 3.65. The quantitative estimate of drug-likeness (QED) is 0.844. The van der Waals surface area contributed by atoms with Gasteiger partial charge in [0.25, 0.3) is 0 Å². The molecule has 20 heavy (non-hydrogen) atoms. The first-order valence-corrected chi connectivity index (χ1v) is 7.61. The van der Waals surface area contributed by atoms with E-state index in [0.29, 0.717) is 12.0 Å². The van der Waals surface area contributed by atoms with E-state index in [9.17, 15) is 5.11 Å². The Bertz CT molecular complexity index is 605. The molecule has 2 atom stereocenters. The van der Waals surface area contributed by atoms with Crippen LogP contribution in [0.4, 0.5) is 5.69 Å². The zero-order valence-corrected chi connectivity index (χ0v) is 12.0. The molecule has 1 aliphatic carbocycles. The monoisotopic (exact) mass is 273 g/mol. The molecule has 0 saturated heterocycles. The molecule has 0 radical (unpaired) electrons. The van der Waals surface area contributed by atoms with Gasteiger partial charge in [0.1, 0.15) is 12.4 Å². The van der Waals surface area contributed by atoms with Gasteiger partial charge in [0.15, 0.2) is 0 Å². The Morgan fingerprint density at radius 1 is 1.35 bits per heavy atom. The molecule has 0 amide bonds. The van der Waals surface area contributed by atoms with Crippen molar-refractivity contribution >= 4 is 16.7 Å². The van der Waals surface area contributed by atoms with Gasteiger partial charge in [-0.3, -0.25) is 0 Å². The number of nitrogen functional groups attached to an aromatic ring is 1. The van der Waals surface area contributed by atoms with E-state index in [4.69, 9.17) is 5.73 Å². The number of aromatic nitrogens is 2. The summed E-state index contributed by atoms with van der Waals surface area (Å²) in [4.78, 5) is 4.57. The predicted molar refractivity (Wildman–Crippen MR) is 81.4 cm³/mol. The Balaban J connectivity index is 2.13. The van der Waals surface area contributed by atoms with E-state index >= 15 is 0 Å². The van der Waals surface area contributed by atoms with Gasteiger partial charge in [-0.15, -0.1) is 0 Å². The van der Waals surface area contributed by atoms with Crippen LogP contribution in [0.25, 0.3) is 11.0 Å². The maximum absolute atomic E-state index is 9.66. The van der Waals surface area contributed by atoms with Gasteiger partial charge in [-0.25, -0.2) is 4.98 Å². The molecule has 4 nitrogen and oxygen atoms in total. The van der Waals surface area contributed by atoms with Crippen molar-refractivity contribution in [2.45, 2.75) is 51.7 Å². The molecule has 0 spiro atoms. The van der Waals surface area contributed by atoms with Gasteiger partial charge in [0.2, 0.25) is 0 Å². The van der Waals surface area contributed by atoms with Gasteiger partial charge in [-0.2, -0.15) is 0 Å². The highest BCUT2D eigenvalue weighted by Crippen LogP contribution is 2.38. The standard InChI is InChI=1S/C16H23N3O/c1-2-11-5-3-4-6-14(11)19-15-8-7-12(17)9-13(15)18-16(19)10-20/h7-9,11,14,20H,2-6,10,17H2,1H3. The summed E-state index contributed by atoms with van der Waals surface area (Å²) in [5.74, 6) is 1.46. The normalized spacial score (nSPS) is 23.3. The number of hydrogen-bond donors (Lipinski definition) is 2. The zero-order chi connectivity index (χ0) is 14.1. The van der Waals surface area contributed by atoms with Crippen molar-refractivity contribution in [1.82, 2.24) is 9.55 Å². The SMILES string of the molecule is CCC1CCCCC1n1c(CO)nc2cc(N)ccc21. The topological polar surface area (TPSA) is 64.1 Å². The van der Waals surface area contributed by atoms with Gasteiger partial charge < -0.3 is 15.4 Å². The zero-order valence-electron chi connectivity index (χ0n) is 12.0. The Morgan fingerprint density at radius 3 is 2.90 bits per heavy atom. The van der Waals surface area contributed by atoms with Crippen molar-refractivity contribution < 1.29 is 5.11 Å². The Kier molecular flexibility index (Phi) is 3.66. The lowest BCUT2D eigenvalue weighted by Crippen LogP contribution is -2.24. The van der Waals surface area contributed by atoms with Crippen LogP contribution in [0.3, 0.4) is 0 Å². The second-order valence-corrected chi connectivity index (χ2v) is 5.82. The summed E-state index contributed by atoms with van der Waals surface area (Å²) in [6, 6.07) is 6.32. The highest BCUT2D eigenvalue weighted by molar-refractivity contribution is 5.79. The number of aliphatic hydroxyl groups excluding tert-OH is 1. The number of imidazole rings is 1. The van der Waals surface area contributed by atoms with Crippen molar-refractivity contribution in [3.63, 3.8) is 0 Å². The summed E-state index contributed by atoms with van der Waals surface area (Å²) in [5.41, 5.74) is 8.57. The molecule has 0 bridgehead atoms. The van der Waals surface area contributed by atoms with Crippen LogP contribution >= 0.6 is 0 Å². The van der Waals surface area contributed by atoms with Crippen LogP contribution in [0.5, 0.6) is 0 Å². The number of nitrogens with two attached hydrogens (primary N) is 1. The number of fused-ring (bicyclic) bond motifs is 1. The first-order chi connectivity index (χ1) is 9.74. The van der Waals surface area contributed by atoms with Crippen LogP contribution in [0.15, 0.2) is 18.2 Å². The summed E-state index contributed by atoms with van der Waals surface area (Å²) in [6.07, 6.45) is 6.23. The summed E-state index contributed by atoms with van der Waals surface area (Å²) < 4.78 is 2.27. The fraction of sp³-hybridized carbons (Fsp3) is 0.562. The van der Waals surface area contributed by atoms with Crippen LogP contribution in [0, 0.1) is 5.92 Å². The molecule has 0 aliphatic heterocycles. The molecule has 3 N–H and O–H groups in total. The van der Waals surface area contributed by atoms with E-state index in [1.807, 2.05) is 18.2 Å². The van der Waals surface area contributed by atoms with E-state index in [0.717, 1.165) is 22.5 Å². The van der Waals surface area contributed by atoms with Gasteiger partial charge >= 0.3 is 0 Å². The van der Waals surface area contributed by atoms with Crippen LogP contribution in [-0.4, -0.2) is 14.7 Å². The first kappa shape index (κ1) is 13.4. The number of anilines is 1. The third kappa shape index (κ3) is 2.18. The maximum atomic E-state index is 9.66. The fourth-order valence-corrected chi connectivity index (χ4v) is 3.65. The summed E-state index contributed by atoms with van der Waals surface area (Å²) in [7, 11) is 0. The summed E-state index contributed by atoms with van der Waals surface area (Å²) in [6.45, 7) is 2.25. The van der Waals surface area contributed by atoms with E-state index < -0.39 is 0 Å². The number of rotatable bonds is 3. The Labute approximate surface area is 119 Å². The van der Waals surface area contributed by atoms with E-state index in [1.165, 1.54) is 32.1 Å². The molecule has 1 aromatic carbocycles. The lowest BCUT2D eigenvalue weighted by Gasteiger charge is -2.33.